The number of amides is 1. The summed E-state index contributed by atoms with van der Waals surface area (Å²) >= 11 is 0. The van der Waals surface area contributed by atoms with Crippen molar-refractivity contribution in [2.75, 3.05) is 12.4 Å². The molecule has 0 aliphatic carbocycles. The van der Waals surface area contributed by atoms with E-state index >= 15 is 0 Å². The average molecular weight is 431 g/mol. The van der Waals surface area contributed by atoms with E-state index in [1.54, 1.807) is 20.1 Å². The van der Waals surface area contributed by atoms with Crippen molar-refractivity contribution in [2.24, 2.45) is 0 Å². The van der Waals surface area contributed by atoms with Gasteiger partial charge in [-0.2, -0.15) is 0 Å². The Hall–Kier alpha value is -3.94. The second-order valence-corrected chi connectivity index (χ2v) is 7.88. The van der Waals surface area contributed by atoms with Crippen LogP contribution in [-0.4, -0.2) is 32.2 Å². The Morgan fingerprint density at radius 3 is 2.56 bits per heavy atom. The molecule has 2 aromatic heterocycles. The maximum atomic E-state index is 12.8. The molecule has 2 heterocycles. The smallest absolute Gasteiger partial charge is 0.352 e. The number of hydrogen-bond acceptors (Lipinski definition) is 5. The molecule has 0 saturated carbocycles. The second-order valence-electron chi connectivity index (χ2n) is 7.88. The van der Waals surface area contributed by atoms with Crippen molar-refractivity contribution >= 4 is 17.2 Å². The molecule has 164 valence electrons. The Morgan fingerprint density at radius 2 is 1.88 bits per heavy atom. The highest BCUT2D eigenvalue weighted by molar-refractivity contribution is 5.90. The van der Waals surface area contributed by atoms with E-state index in [4.69, 9.17) is 4.74 Å². The molecule has 0 atom stereocenters. The Morgan fingerprint density at radius 1 is 1.12 bits per heavy atom. The van der Waals surface area contributed by atoms with E-state index < -0.39 is 5.69 Å². The summed E-state index contributed by atoms with van der Waals surface area (Å²) < 4.78 is 7.75. The third-order valence-corrected chi connectivity index (χ3v) is 5.25. The summed E-state index contributed by atoms with van der Waals surface area (Å²) in [5, 5.41) is 7.21. The number of aryl methyl sites for hydroxylation is 1. The van der Waals surface area contributed by atoms with Crippen molar-refractivity contribution in [2.45, 2.75) is 33.2 Å². The quantitative estimate of drug-likeness (QED) is 0.503. The summed E-state index contributed by atoms with van der Waals surface area (Å²) in [6.07, 6.45) is 0. The number of fused-ring (bicyclic) bond motifs is 1. The number of anilines is 1. The van der Waals surface area contributed by atoms with Gasteiger partial charge in [0.2, 0.25) is 5.91 Å². The van der Waals surface area contributed by atoms with Crippen LogP contribution < -0.4 is 15.7 Å². The molecule has 8 nitrogen and oxygen atoms in total. The maximum Gasteiger partial charge on any atom is 0.352 e. The first-order valence-corrected chi connectivity index (χ1v) is 10.4. The van der Waals surface area contributed by atoms with Crippen LogP contribution in [0.25, 0.3) is 16.9 Å². The number of methoxy groups -OCH3 is 1. The van der Waals surface area contributed by atoms with Gasteiger partial charge in [0.15, 0.2) is 5.65 Å². The molecule has 8 heteroatoms. The summed E-state index contributed by atoms with van der Waals surface area (Å²) in [5.41, 5.74) is 3.41. The summed E-state index contributed by atoms with van der Waals surface area (Å²) in [5.74, 6) is 1.27. The number of nitrogens with one attached hydrogen (secondary N) is 1. The highest BCUT2D eigenvalue weighted by Crippen LogP contribution is 2.22. The minimum atomic E-state index is -0.405. The van der Waals surface area contributed by atoms with Gasteiger partial charge in [0.25, 0.3) is 0 Å². The van der Waals surface area contributed by atoms with Gasteiger partial charge in [-0.05, 0) is 54.8 Å². The van der Waals surface area contributed by atoms with Crippen LogP contribution in [0.5, 0.6) is 5.75 Å². The molecular formula is C24H25N5O3. The number of nitrogens with zero attached hydrogens (tertiary/aromatic N) is 4. The first-order valence-electron chi connectivity index (χ1n) is 10.4. The number of ether oxygens (including phenoxy) is 1. The third kappa shape index (κ3) is 4.25. The van der Waals surface area contributed by atoms with Gasteiger partial charge in [0.1, 0.15) is 18.1 Å². The Labute approximate surface area is 185 Å². The van der Waals surface area contributed by atoms with Gasteiger partial charge in [-0.3, -0.25) is 4.79 Å². The predicted molar refractivity (Wildman–Crippen MR) is 123 cm³/mol. The fraction of sp³-hybridized carbons (Fsp3) is 0.250. The zero-order valence-electron chi connectivity index (χ0n) is 18.5. The molecule has 4 aromatic rings. The van der Waals surface area contributed by atoms with E-state index in [2.05, 4.69) is 29.2 Å². The lowest BCUT2D eigenvalue weighted by molar-refractivity contribution is -0.117. The second kappa shape index (κ2) is 8.66. The van der Waals surface area contributed by atoms with E-state index in [1.807, 2.05) is 48.5 Å². The van der Waals surface area contributed by atoms with E-state index in [0.29, 0.717) is 28.8 Å². The Bertz CT molecular complexity index is 1340. The summed E-state index contributed by atoms with van der Waals surface area (Å²) in [6, 6.07) is 16.9. The number of carbonyl (C=O) groups excluding carboxylic acids is 1. The lowest BCUT2D eigenvalue weighted by atomic mass is 10.0. The van der Waals surface area contributed by atoms with Gasteiger partial charge in [0.05, 0.1) is 12.8 Å². The standard InChI is InChI=1S/C24H25N5O3/c1-15(2)18-6-5-7-19(12-18)26-23(30)14-28-24(31)29-16(3)25-21(13-22(29)27-28)17-8-10-20(32-4)11-9-17/h5-13,15H,14H2,1-4H3,(H,26,30). The SMILES string of the molecule is COc1ccc(-c2cc3nn(CC(=O)Nc4cccc(C(C)C)c4)c(=O)n3c(C)n2)cc1. The molecule has 0 saturated heterocycles. The number of benzene rings is 2. The molecule has 0 unspecified atom stereocenters. The first kappa shape index (κ1) is 21.3. The Kier molecular flexibility index (Phi) is 5.77. The summed E-state index contributed by atoms with van der Waals surface area (Å²) in [7, 11) is 1.61. The van der Waals surface area contributed by atoms with Crippen LogP contribution in [0.4, 0.5) is 5.69 Å². The lowest BCUT2D eigenvalue weighted by Crippen LogP contribution is -2.28. The van der Waals surface area contributed by atoms with Crippen LogP contribution in [0, 0.1) is 6.92 Å². The maximum absolute atomic E-state index is 12.8. The Balaban J connectivity index is 1.60. The summed E-state index contributed by atoms with van der Waals surface area (Å²) in [4.78, 5) is 30.0. The molecule has 0 fully saturated rings. The van der Waals surface area contributed by atoms with E-state index in [-0.39, 0.29) is 12.5 Å². The van der Waals surface area contributed by atoms with E-state index in [0.717, 1.165) is 21.6 Å². The van der Waals surface area contributed by atoms with Gasteiger partial charge < -0.3 is 10.1 Å². The topological polar surface area (TPSA) is 90.5 Å². The molecule has 0 spiro atoms. The van der Waals surface area contributed by atoms with Crippen LogP contribution in [0.3, 0.4) is 0 Å². The molecule has 0 aliphatic heterocycles. The van der Waals surface area contributed by atoms with Gasteiger partial charge in [-0.25, -0.2) is 18.9 Å². The minimum absolute atomic E-state index is 0.191. The number of hydrogen-bond donors (Lipinski definition) is 1. The highest BCUT2D eigenvalue weighted by Gasteiger charge is 2.15. The van der Waals surface area contributed by atoms with Crippen molar-refractivity contribution in [1.82, 2.24) is 19.2 Å². The van der Waals surface area contributed by atoms with E-state index in [9.17, 15) is 9.59 Å². The van der Waals surface area contributed by atoms with Gasteiger partial charge in [-0.1, -0.05) is 26.0 Å². The average Bonchev–Trinajstić information content (AvgIpc) is 3.09. The molecule has 2 aromatic carbocycles. The van der Waals surface area contributed by atoms with Crippen LogP contribution in [0.2, 0.25) is 0 Å². The molecule has 1 N–H and O–H groups in total. The summed E-state index contributed by atoms with van der Waals surface area (Å²) in [6.45, 7) is 5.73. The highest BCUT2D eigenvalue weighted by atomic mass is 16.5. The molecule has 4 rings (SSSR count). The molecule has 1 amide bonds. The van der Waals surface area contributed by atoms with Gasteiger partial charge in [-0.15, -0.1) is 5.10 Å². The van der Waals surface area contributed by atoms with Crippen molar-refractivity contribution in [3.05, 3.63) is 76.5 Å². The molecule has 0 bridgehead atoms. The van der Waals surface area contributed by atoms with E-state index in [1.165, 1.54) is 4.40 Å². The van der Waals surface area contributed by atoms with Gasteiger partial charge >= 0.3 is 5.69 Å². The molecule has 0 aliphatic rings. The molecule has 0 radical (unpaired) electrons. The van der Waals surface area contributed by atoms with Crippen molar-refractivity contribution in [1.29, 1.82) is 0 Å². The van der Waals surface area contributed by atoms with Crippen molar-refractivity contribution in [3.8, 4) is 17.0 Å². The minimum Gasteiger partial charge on any atom is -0.497 e. The third-order valence-electron chi connectivity index (χ3n) is 5.25. The zero-order valence-corrected chi connectivity index (χ0v) is 18.5. The number of aromatic nitrogens is 4. The van der Waals surface area contributed by atoms with Crippen LogP contribution in [0.15, 0.2) is 59.4 Å². The van der Waals surface area contributed by atoms with Crippen LogP contribution in [0.1, 0.15) is 31.2 Å². The largest absolute Gasteiger partial charge is 0.497 e. The zero-order chi connectivity index (χ0) is 22.8. The lowest BCUT2D eigenvalue weighted by Gasteiger charge is -2.09. The molecular weight excluding hydrogens is 406 g/mol. The van der Waals surface area contributed by atoms with Crippen molar-refractivity contribution in [3.63, 3.8) is 0 Å². The normalized spacial score (nSPS) is 11.2. The number of carbonyl (C=O) groups is 1. The van der Waals surface area contributed by atoms with Crippen LogP contribution in [-0.2, 0) is 11.3 Å². The molecule has 32 heavy (non-hydrogen) atoms. The fourth-order valence-corrected chi connectivity index (χ4v) is 3.53. The van der Waals surface area contributed by atoms with Gasteiger partial charge in [0, 0.05) is 17.3 Å². The predicted octanol–water partition coefficient (Wildman–Crippen LogP) is 3.64. The van der Waals surface area contributed by atoms with Crippen LogP contribution >= 0.6 is 0 Å². The number of rotatable bonds is 6. The fourth-order valence-electron chi connectivity index (χ4n) is 3.53. The van der Waals surface area contributed by atoms with Crippen molar-refractivity contribution < 1.29 is 9.53 Å². The first-order chi connectivity index (χ1) is 15.4. The monoisotopic (exact) mass is 431 g/mol.